The van der Waals surface area contributed by atoms with Crippen LogP contribution < -0.4 is 0 Å². The Bertz CT molecular complexity index is 1290. The van der Waals surface area contributed by atoms with Crippen molar-refractivity contribution < 1.29 is 4.42 Å². The van der Waals surface area contributed by atoms with E-state index in [1.54, 1.807) is 0 Å². The molecule has 0 bridgehead atoms. The van der Waals surface area contributed by atoms with Crippen LogP contribution in [-0.4, -0.2) is 0 Å². The molecule has 0 aliphatic heterocycles. The fraction of sp³-hybridized carbons (Fsp3) is 0.442. The van der Waals surface area contributed by atoms with Crippen LogP contribution in [-0.2, 0) is 12.8 Å². The van der Waals surface area contributed by atoms with E-state index in [1.807, 2.05) is 81.4 Å². The van der Waals surface area contributed by atoms with Gasteiger partial charge in [-0.05, 0) is 59.1 Å². The van der Waals surface area contributed by atoms with Crippen LogP contribution in [0.3, 0.4) is 0 Å². The first-order valence-corrected chi connectivity index (χ1v) is 17.0. The maximum Gasteiger partial charge on any atom is 0.135 e. The lowest BCUT2D eigenvalue weighted by Crippen LogP contribution is -1.93. The molecule has 0 saturated carbocycles. The van der Waals surface area contributed by atoms with E-state index in [-0.39, 0.29) is 7.43 Å². The molecule has 246 valence electrons. The molecule has 0 N–H and O–H groups in total. The zero-order valence-corrected chi connectivity index (χ0v) is 30.2. The Kier molecular flexibility index (Phi) is 29.2. The van der Waals surface area contributed by atoms with Crippen molar-refractivity contribution >= 4 is 21.9 Å². The van der Waals surface area contributed by atoms with Crippen molar-refractivity contribution in [2.24, 2.45) is 11.8 Å². The Hall–Kier alpha value is -3.32. The summed E-state index contributed by atoms with van der Waals surface area (Å²) in [7, 11) is 0. The number of rotatable bonds is 5. The number of benzene rings is 4. The highest BCUT2D eigenvalue weighted by atomic mass is 16.3. The van der Waals surface area contributed by atoms with Gasteiger partial charge in [0.25, 0.3) is 0 Å². The molecular weight excluding hydrogens is 532 g/mol. The smallest absolute Gasteiger partial charge is 0.135 e. The molecule has 0 unspecified atom stereocenters. The number of fused-ring (bicyclic) bond motifs is 3. The van der Waals surface area contributed by atoms with Gasteiger partial charge in [-0.3, -0.25) is 0 Å². The van der Waals surface area contributed by atoms with Gasteiger partial charge in [0.1, 0.15) is 11.2 Å². The summed E-state index contributed by atoms with van der Waals surface area (Å²) in [5.74, 6) is 1.40. The van der Waals surface area contributed by atoms with Crippen molar-refractivity contribution in [3.8, 4) is 11.1 Å². The second kappa shape index (κ2) is 28.5. The third-order valence-electron chi connectivity index (χ3n) is 5.79. The summed E-state index contributed by atoms with van der Waals surface area (Å²) >= 11 is 0. The Morgan fingerprint density at radius 2 is 0.841 bits per heavy atom. The molecule has 44 heavy (non-hydrogen) atoms. The van der Waals surface area contributed by atoms with Crippen molar-refractivity contribution in [3.63, 3.8) is 0 Å². The normalized spacial score (nSPS) is 9.09. The summed E-state index contributed by atoms with van der Waals surface area (Å²) in [6.45, 7) is 29.0. The van der Waals surface area contributed by atoms with Crippen LogP contribution in [0.1, 0.15) is 115 Å². The van der Waals surface area contributed by atoms with Crippen LogP contribution in [0.4, 0.5) is 0 Å². The number of hydrogen-bond donors (Lipinski definition) is 0. The standard InChI is InChI=1S/C16H16O.C16H18.5C2H6.CH4/c1-11(2)9-12-7-8-14-13-5-3-4-6-15(13)17-16(14)10-12;1-13(2)12-14-8-10-16(11-9-14)15-6-4-3-5-7-15;5*1-2;/h3-8,10-11H,9H2,1-2H3;3-11,13H,12H2,1-2H3;5*1-2H3;1H4. The van der Waals surface area contributed by atoms with Crippen molar-refractivity contribution in [2.45, 2.75) is 117 Å². The van der Waals surface area contributed by atoms with Gasteiger partial charge in [-0.2, -0.15) is 0 Å². The average Bonchev–Trinajstić information content (AvgIpc) is 3.44. The van der Waals surface area contributed by atoms with E-state index in [0.29, 0.717) is 5.92 Å². The van der Waals surface area contributed by atoms with Gasteiger partial charge in [-0.1, -0.05) is 189 Å². The molecule has 0 amide bonds. The molecule has 0 atom stereocenters. The first-order valence-electron chi connectivity index (χ1n) is 17.0. The van der Waals surface area contributed by atoms with Crippen molar-refractivity contribution in [2.75, 3.05) is 0 Å². The van der Waals surface area contributed by atoms with E-state index >= 15 is 0 Å². The van der Waals surface area contributed by atoms with E-state index in [2.05, 4.69) is 113 Å². The minimum Gasteiger partial charge on any atom is -0.456 e. The van der Waals surface area contributed by atoms with Gasteiger partial charge in [-0.25, -0.2) is 0 Å². The second-order valence-corrected chi connectivity index (χ2v) is 9.69. The van der Waals surface area contributed by atoms with Crippen molar-refractivity contribution in [1.82, 2.24) is 0 Å². The van der Waals surface area contributed by atoms with Crippen LogP contribution in [0.5, 0.6) is 0 Å². The third-order valence-corrected chi connectivity index (χ3v) is 5.79. The highest BCUT2D eigenvalue weighted by Gasteiger charge is 2.07. The molecule has 0 fully saturated rings. The molecule has 0 spiro atoms. The topological polar surface area (TPSA) is 13.1 Å². The van der Waals surface area contributed by atoms with Gasteiger partial charge < -0.3 is 4.42 Å². The zero-order chi connectivity index (χ0) is 33.2. The van der Waals surface area contributed by atoms with E-state index in [4.69, 9.17) is 4.42 Å². The van der Waals surface area contributed by atoms with Gasteiger partial charge >= 0.3 is 0 Å². The summed E-state index contributed by atoms with van der Waals surface area (Å²) in [6.07, 6.45) is 2.27. The van der Waals surface area contributed by atoms with Crippen LogP contribution in [0.25, 0.3) is 33.1 Å². The summed E-state index contributed by atoms with van der Waals surface area (Å²) in [4.78, 5) is 0. The van der Waals surface area contributed by atoms with Crippen LogP contribution in [0.15, 0.2) is 101 Å². The van der Waals surface area contributed by atoms with Gasteiger partial charge in [0.15, 0.2) is 0 Å². The first-order chi connectivity index (χ1) is 21.0. The molecule has 1 nitrogen and oxygen atoms in total. The minimum atomic E-state index is 0. The Labute approximate surface area is 274 Å². The third kappa shape index (κ3) is 15.9. The highest BCUT2D eigenvalue weighted by Crippen LogP contribution is 2.29. The van der Waals surface area contributed by atoms with Crippen LogP contribution in [0.2, 0.25) is 0 Å². The number of hydrogen-bond acceptors (Lipinski definition) is 1. The maximum atomic E-state index is 5.87. The van der Waals surface area contributed by atoms with Gasteiger partial charge in [0, 0.05) is 10.8 Å². The quantitative estimate of drug-likeness (QED) is 0.195. The van der Waals surface area contributed by atoms with Crippen LogP contribution in [0, 0.1) is 11.8 Å². The second-order valence-electron chi connectivity index (χ2n) is 9.69. The Morgan fingerprint density at radius 1 is 0.432 bits per heavy atom. The summed E-state index contributed by atoms with van der Waals surface area (Å²) < 4.78 is 5.87. The molecule has 0 radical (unpaired) electrons. The fourth-order valence-electron chi connectivity index (χ4n) is 4.30. The molecule has 0 aliphatic rings. The summed E-state index contributed by atoms with van der Waals surface area (Å²) in [5, 5.41) is 2.42. The van der Waals surface area contributed by atoms with Crippen molar-refractivity contribution in [1.29, 1.82) is 0 Å². The van der Waals surface area contributed by atoms with E-state index in [0.717, 1.165) is 29.9 Å². The fourth-order valence-corrected chi connectivity index (χ4v) is 4.30. The lowest BCUT2D eigenvalue weighted by Gasteiger charge is -2.06. The highest BCUT2D eigenvalue weighted by molar-refractivity contribution is 6.04. The SMILES string of the molecule is C.CC.CC.CC.CC.CC.CC(C)Cc1ccc(-c2ccccc2)cc1.CC(C)Cc1ccc2c(c1)oc1ccccc12. The molecule has 5 rings (SSSR count). The van der Waals surface area contributed by atoms with Gasteiger partial charge in [0.05, 0.1) is 0 Å². The average molecular weight is 601 g/mol. The lowest BCUT2D eigenvalue weighted by atomic mass is 9.99. The molecule has 1 aromatic heterocycles. The number of furan rings is 1. The first kappa shape index (κ1) is 45.1. The molecule has 4 aromatic carbocycles. The molecular formula is C43H68O. The molecule has 5 aromatic rings. The predicted molar refractivity (Wildman–Crippen MR) is 206 cm³/mol. The zero-order valence-electron chi connectivity index (χ0n) is 30.2. The molecule has 0 aliphatic carbocycles. The van der Waals surface area contributed by atoms with E-state index in [9.17, 15) is 0 Å². The Balaban J connectivity index is -0.000000586. The number of para-hydroxylation sites is 1. The van der Waals surface area contributed by atoms with Gasteiger partial charge in [0.2, 0.25) is 0 Å². The maximum absolute atomic E-state index is 5.87. The minimum absolute atomic E-state index is 0. The largest absolute Gasteiger partial charge is 0.456 e. The summed E-state index contributed by atoms with van der Waals surface area (Å²) in [5.41, 5.74) is 7.35. The van der Waals surface area contributed by atoms with Crippen LogP contribution >= 0.6 is 0 Å². The predicted octanol–water partition coefficient (Wildman–Crippen LogP) is 15.1. The Morgan fingerprint density at radius 3 is 1.36 bits per heavy atom. The molecule has 0 saturated heterocycles. The molecule has 1 heteroatoms. The summed E-state index contributed by atoms with van der Waals surface area (Å²) in [6, 6.07) is 34.2. The molecule has 1 heterocycles. The lowest BCUT2D eigenvalue weighted by molar-refractivity contribution is 0.642. The van der Waals surface area contributed by atoms with E-state index in [1.165, 1.54) is 33.0 Å². The van der Waals surface area contributed by atoms with Gasteiger partial charge in [-0.15, -0.1) is 0 Å². The van der Waals surface area contributed by atoms with Crippen molar-refractivity contribution in [3.05, 3.63) is 108 Å². The monoisotopic (exact) mass is 601 g/mol. The van der Waals surface area contributed by atoms with E-state index < -0.39 is 0 Å².